The third-order valence-electron chi connectivity index (χ3n) is 3.93. The van der Waals surface area contributed by atoms with Crippen LogP contribution in [0, 0.1) is 0 Å². The van der Waals surface area contributed by atoms with Gasteiger partial charge in [0, 0.05) is 25.0 Å². The smallest absolute Gasteiger partial charge is 0.128 e. The van der Waals surface area contributed by atoms with Crippen LogP contribution in [0.1, 0.15) is 31.1 Å². The van der Waals surface area contributed by atoms with Gasteiger partial charge in [-0.25, -0.2) is 0 Å². The van der Waals surface area contributed by atoms with Gasteiger partial charge in [0.2, 0.25) is 0 Å². The second-order valence-corrected chi connectivity index (χ2v) is 5.78. The van der Waals surface area contributed by atoms with Gasteiger partial charge in [0.1, 0.15) is 6.17 Å². The maximum Gasteiger partial charge on any atom is 0.128 e. The van der Waals surface area contributed by atoms with Gasteiger partial charge >= 0.3 is 0 Å². The van der Waals surface area contributed by atoms with Crippen molar-refractivity contribution >= 4 is 0 Å². The topological polar surface area (TPSA) is 6.48 Å². The molecule has 1 aliphatic rings. The molecule has 1 atom stereocenters. The molecule has 2 nitrogen and oxygen atoms in total. The molecule has 0 saturated heterocycles. The van der Waals surface area contributed by atoms with Gasteiger partial charge in [0.15, 0.2) is 0 Å². The van der Waals surface area contributed by atoms with Crippen molar-refractivity contribution in [2.75, 3.05) is 0 Å². The Morgan fingerprint density at radius 2 is 1.48 bits per heavy atom. The summed E-state index contributed by atoms with van der Waals surface area (Å²) < 4.78 is 0. The highest BCUT2D eigenvalue weighted by molar-refractivity contribution is 5.23. The molecule has 0 saturated carbocycles. The first kappa shape index (κ1) is 13.7. The Balaban J connectivity index is 1.87. The molecule has 0 aromatic heterocycles. The first-order valence-electron chi connectivity index (χ1n) is 7.56. The summed E-state index contributed by atoms with van der Waals surface area (Å²) in [5, 5.41) is 0. The third-order valence-corrected chi connectivity index (χ3v) is 3.93. The second-order valence-electron chi connectivity index (χ2n) is 5.78. The summed E-state index contributed by atoms with van der Waals surface area (Å²) in [6.45, 7) is 5.42. The summed E-state index contributed by atoms with van der Waals surface area (Å²) in [6.07, 6.45) is 4.71. The van der Waals surface area contributed by atoms with Crippen molar-refractivity contribution < 1.29 is 0 Å². The van der Waals surface area contributed by atoms with Crippen LogP contribution in [0.25, 0.3) is 0 Å². The molecule has 0 fully saturated rings. The maximum atomic E-state index is 2.41. The lowest BCUT2D eigenvalue weighted by molar-refractivity contribution is 0.122. The molecule has 0 spiro atoms. The normalized spacial score (nSPS) is 17.8. The van der Waals surface area contributed by atoms with Gasteiger partial charge in [-0.05, 0) is 25.0 Å². The summed E-state index contributed by atoms with van der Waals surface area (Å²) in [6, 6.07) is 21.9. The van der Waals surface area contributed by atoms with Crippen LogP contribution >= 0.6 is 0 Å². The van der Waals surface area contributed by atoms with E-state index in [1.807, 2.05) is 0 Å². The molecule has 2 aromatic carbocycles. The molecule has 1 aliphatic heterocycles. The van der Waals surface area contributed by atoms with Gasteiger partial charge < -0.3 is 9.80 Å². The van der Waals surface area contributed by atoms with E-state index in [0.717, 1.165) is 6.54 Å². The highest BCUT2D eigenvalue weighted by atomic mass is 15.4. The van der Waals surface area contributed by atoms with E-state index >= 15 is 0 Å². The third kappa shape index (κ3) is 2.94. The predicted octanol–water partition coefficient (Wildman–Crippen LogP) is 4.38. The van der Waals surface area contributed by atoms with E-state index in [2.05, 4.69) is 96.7 Å². The number of benzene rings is 2. The van der Waals surface area contributed by atoms with Gasteiger partial charge in [-0.3, -0.25) is 0 Å². The first-order valence-corrected chi connectivity index (χ1v) is 7.56. The van der Waals surface area contributed by atoms with Crippen LogP contribution in [0.2, 0.25) is 0 Å². The van der Waals surface area contributed by atoms with Crippen LogP contribution in [-0.4, -0.2) is 15.8 Å². The summed E-state index contributed by atoms with van der Waals surface area (Å²) in [5.41, 5.74) is 2.68. The average molecular weight is 278 g/mol. The predicted molar refractivity (Wildman–Crippen MR) is 87.3 cm³/mol. The Morgan fingerprint density at radius 1 is 0.857 bits per heavy atom. The Morgan fingerprint density at radius 3 is 2.10 bits per heavy atom. The summed E-state index contributed by atoms with van der Waals surface area (Å²) in [5.74, 6) is 0. The highest BCUT2D eigenvalue weighted by Crippen LogP contribution is 2.33. The molecule has 3 rings (SSSR count). The van der Waals surface area contributed by atoms with Crippen LogP contribution < -0.4 is 0 Å². The lowest BCUT2D eigenvalue weighted by atomic mass is 10.1. The van der Waals surface area contributed by atoms with Crippen molar-refractivity contribution in [3.63, 3.8) is 0 Å². The first-order chi connectivity index (χ1) is 10.3. The number of nitrogens with zero attached hydrogens (tertiary/aromatic N) is 2. The van der Waals surface area contributed by atoms with Crippen LogP contribution in [0.5, 0.6) is 0 Å². The van der Waals surface area contributed by atoms with Crippen molar-refractivity contribution in [3.05, 3.63) is 84.2 Å². The van der Waals surface area contributed by atoms with E-state index in [0.29, 0.717) is 6.04 Å². The average Bonchev–Trinajstić information content (AvgIpc) is 2.93. The van der Waals surface area contributed by atoms with Crippen molar-refractivity contribution in [1.82, 2.24) is 9.80 Å². The SMILES string of the molecule is CC(C)N1C=CN(Cc2ccccc2)C1c1ccccc1. The van der Waals surface area contributed by atoms with Gasteiger partial charge in [0.05, 0.1) is 0 Å². The minimum absolute atomic E-state index is 0.284. The fourth-order valence-electron chi connectivity index (χ4n) is 2.87. The molecule has 0 radical (unpaired) electrons. The second kappa shape index (κ2) is 6.04. The minimum Gasteiger partial charge on any atom is -0.350 e. The van der Waals surface area contributed by atoms with Crippen molar-refractivity contribution in [2.45, 2.75) is 32.6 Å². The summed E-state index contributed by atoms with van der Waals surface area (Å²) >= 11 is 0. The quantitative estimate of drug-likeness (QED) is 0.818. The van der Waals surface area contributed by atoms with Gasteiger partial charge in [-0.1, -0.05) is 60.7 Å². The Kier molecular flexibility index (Phi) is 3.96. The Hall–Kier alpha value is -2.22. The monoisotopic (exact) mass is 278 g/mol. The number of rotatable bonds is 4. The molecule has 0 N–H and O–H groups in total. The van der Waals surface area contributed by atoms with E-state index in [1.54, 1.807) is 0 Å². The molecule has 2 heteroatoms. The lowest BCUT2D eigenvalue weighted by Crippen LogP contribution is -2.34. The van der Waals surface area contributed by atoms with Crippen molar-refractivity contribution in [1.29, 1.82) is 0 Å². The van der Waals surface area contributed by atoms with E-state index in [9.17, 15) is 0 Å². The van der Waals surface area contributed by atoms with Crippen LogP contribution in [-0.2, 0) is 6.54 Å². The van der Waals surface area contributed by atoms with E-state index in [4.69, 9.17) is 0 Å². The molecule has 0 aliphatic carbocycles. The van der Waals surface area contributed by atoms with Crippen LogP contribution in [0.15, 0.2) is 73.1 Å². The van der Waals surface area contributed by atoms with Crippen molar-refractivity contribution in [2.24, 2.45) is 0 Å². The van der Waals surface area contributed by atoms with Crippen LogP contribution in [0.3, 0.4) is 0 Å². The molecular weight excluding hydrogens is 256 g/mol. The molecule has 0 bridgehead atoms. The lowest BCUT2D eigenvalue weighted by Gasteiger charge is -2.35. The molecule has 108 valence electrons. The van der Waals surface area contributed by atoms with Crippen LogP contribution in [0.4, 0.5) is 0 Å². The van der Waals surface area contributed by atoms with Crippen molar-refractivity contribution in [3.8, 4) is 0 Å². The fourth-order valence-corrected chi connectivity index (χ4v) is 2.87. The maximum absolute atomic E-state index is 2.41. The standard InChI is InChI=1S/C19H22N2/c1-16(2)21-14-13-20(15-17-9-5-3-6-10-17)19(21)18-11-7-4-8-12-18/h3-14,16,19H,15H2,1-2H3. The summed E-state index contributed by atoms with van der Waals surface area (Å²) in [7, 11) is 0. The Labute approximate surface area is 127 Å². The number of hydrogen-bond acceptors (Lipinski definition) is 2. The minimum atomic E-state index is 0.284. The molecule has 1 unspecified atom stereocenters. The molecule has 21 heavy (non-hydrogen) atoms. The molecule has 2 aromatic rings. The van der Waals surface area contributed by atoms with Gasteiger partial charge in [0.25, 0.3) is 0 Å². The van der Waals surface area contributed by atoms with Gasteiger partial charge in [-0.2, -0.15) is 0 Å². The summed E-state index contributed by atoms with van der Waals surface area (Å²) in [4.78, 5) is 4.82. The van der Waals surface area contributed by atoms with E-state index in [1.165, 1.54) is 11.1 Å². The zero-order valence-electron chi connectivity index (χ0n) is 12.7. The highest BCUT2D eigenvalue weighted by Gasteiger charge is 2.29. The molecule has 0 amide bonds. The van der Waals surface area contributed by atoms with Gasteiger partial charge in [-0.15, -0.1) is 0 Å². The fraction of sp³-hybridized carbons (Fsp3) is 0.263. The van der Waals surface area contributed by atoms with E-state index in [-0.39, 0.29) is 6.17 Å². The molecule has 1 heterocycles. The largest absolute Gasteiger partial charge is 0.350 e. The number of hydrogen-bond donors (Lipinski definition) is 0. The zero-order chi connectivity index (χ0) is 14.7. The van der Waals surface area contributed by atoms with E-state index < -0.39 is 0 Å². The molecular formula is C19H22N2. The zero-order valence-corrected chi connectivity index (χ0v) is 12.7. The Bertz CT molecular complexity index is 589.